The van der Waals surface area contributed by atoms with Crippen LogP contribution in [0, 0.1) is 13.8 Å². The Morgan fingerprint density at radius 1 is 1.40 bits per heavy atom. The van der Waals surface area contributed by atoms with E-state index in [4.69, 9.17) is 0 Å². The monoisotopic (exact) mass is 219 g/mol. The molecule has 0 atom stereocenters. The van der Waals surface area contributed by atoms with E-state index in [9.17, 15) is 0 Å². The normalized spacial score (nSPS) is 10.3. The largest absolute Gasteiger partial charge is 0.379 e. The topological polar surface area (TPSA) is 37.8 Å². The Bertz CT molecular complexity index is 451. The van der Waals surface area contributed by atoms with Crippen LogP contribution in [0.5, 0.6) is 0 Å². The van der Waals surface area contributed by atoms with Gasteiger partial charge in [-0.2, -0.15) is 0 Å². The van der Waals surface area contributed by atoms with Gasteiger partial charge in [0.15, 0.2) is 0 Å². The standard InChI is InChI=1S/C11H13N3S/c1-8-5-10(3-4-12-8)13-6-11-7-15-9(2)14-11/h3-5,7H,6H2,1-2H3,(H,12,13). The zero-order valence-corrected chi connectivity index (χ0v) is 9.64. The first-order chi connectivity index (χ1) is 7.24. The van der Waals surface area contributed by atoms with Crippen molar-refractivity contribution in [3.05, 3.63) is 40.1 Å². The molecule has 0 aliphatic rings. The van der Waals surface area contributed by atoms with Crippen molar-refractivity contribution in [2.45, 2.75) is 20.4 Å². The first kappa shape index (κ1) is 10.1. The Balaban J connectivity index is 1.99. The number of aromatic nitrogens is 2. The molecule has 3 nitrogen and oxygen atoms in total. The van der Waals surface area contributed by atoms with E-state index < -0.39 is 0 Å². The quantitative estimate of drug-likeness (QED) is 0.862. The van der Waals surface area contributed by atoms with E-state index in [0.29, 0.717) is 0 Å². The third kappa shape index (κ3) is 2.76. The highest BCUT2D eigenvalue weighted by atomic mass is 32.1. The third-order valence-electron chi connectivity index (χ3n) is 2.04. The third-order valence-corrected chi connectivity index (χ3v) is 2.86. The molecule has 0 aromatic carbocycles. The number of pyridine rings is 1. The predicted molar refractivity (Wildman–Crippen MR) is 63.2 cm³/mol. The van der Waals surface area contributed by atoms with Crippen molar-refractivity contribution in [3.63, 3.8) is 0 Å². The van der Waals surface area contributed by atoms with Gasteiger partial charge in [0.05, 0.1) is 17.2 Å². The van der Waals surface area contributed by atoms with Crippen LogP contribution in [0.4, 0.5) is 5.69 Å². The number of rotatable bonds is 3. The first-order valence-corrected chi connectivity index (χ1v) is 5.69. The minimum absolute atomic E-state index is 0.772. The van der Waals surface area contributed by atoms with E-state index in [2.05, 4.69) is 20.7 Å². The SMILES string of the molecule is Cc1cc(NCc2csc(C)n2)ccn1. The number of thiazole rings is 1. The summed E-state index contributed by atoms with van der Waals surface area (Å²) in [7, 11) is 0. The van der Waals surface area contributed by atoms with Gasteiger partial charge in [0, 0.05) is 23.0 Å². The molecular formula is C11H13N3S. The lowest BCUT2D eigenvalue weighted by atomic mass is 10.3. The molecule has 0 bridgehead atoms. The maximum absolute atomic E-state index is 4.39. The van der Waals surface area contributed by atoms with Gasteiger partial charge in [0.2, 0.25) is 0 Å². The second kappa shape index (κ2) is 4.40. The summed E-state index contributed by atoms with van der Waals surface area (Å²) in [6, 6.07) is 3.99. The number of nitrogens with one attached hydrogen (secondary N) is 1. The molecule has 0 fully saturated rings. The number of hydrogen-bond donors (Lipinski definition) is 1. The van der Waals surface area contributed by atoms with Gasteiger partial charge in [0.1, 0.15) is 0 Å². The molecule has 0 spiro atoms. The molecule has 2 heterocycles. The van der Waals surface area contributed by atoms with Crippen molar-refractivity contribution in [2.75, 3.05) is 5.32 Å². The number of aryl methyl sites for hydroxylation is 2. The molecule has 0 saturated carbocycles. The van der Waals surface area contributed by atoms with E-state index in [1.54, 1.807) is 11.3 Å². The van der Waals surface area contributed by atoms with Gasteiger partial charge in [-0.25, -0.2) is 4.98 Å². The van der Waals surface area contributed by atoms with E-state index in [0.717, 1.165) is 28.6 Å². The summed E-state index contributed by atoms with van der Waals surface area (Å²) >= 11 is 1.68. The smallest absolute Gasteiger partial charge is 0.0898 e. The minimum atomic E-state index is 0.772. The number of nitrogens with zero attached hydrogens (tertiary/aromatic N) is 2. The fourth-order valence-electron chi connectivity index (χ4n) is 1.34. The van der Waals surface area contributed by atoms with Crippen molar-refractivity contribution < 1.29 is 0 Å². The average molecular weight is 219 g/mol. The average Bonchev–Trinajstić information content (AvgIpc) is 2.62. The van der Waals surface area contributed by atoms with Crippen LogP contribution >= 0.6 is 11.3 Å². The van der Waals surface area contributed by atoms with Gasteiger partial charge >= 0.3 is 0 Å². The van der Waals surface area contributed by atoms with Gasteiger partial charge in [-0.15, -0.1) is 11.3 Å². The summed E-state index contributed by atoms with van der Waals surface area (Å²) in [6.07, 6.45) is 1.81. The van der Waals surface area contributed by atoms with Crippen LogP contribution in [0.25, 0.3) is 0 Å². The fourth-order valence-corrected chi connectivity index (χ4v) is 1.95. The minimum Gasteiger partial charge on any atom is -0.379 e. The van der Waals surface area contributed by atoms with Crippen LogP contribution in [0.15, 0.2) is 23.7 Å². The van der Waals surface area contributed by atoms with Gasteiger partial charge < -0.3 is 5.32 Å². The predicted octanol–water partition coefficient (Wildman–Crippen LogP) is 2.77. The van der Waals surface area contributed by atoms with Crippen molar-refractivity contribution >= 4 is 17.0 Å². The zero-order chi connectivity index (χ0) is 10.7. The van der Waals surface area contributed by atoms with Crippen LogP contribution in [-0.2, 0) is 6.54 Å². The summed E-state index contributed by atoms with van der Waals surface area (Å²) in [5, 5.41) is 6.51. The van der Waals surface area contributed by atoms with Crippen LogP contribution in [0.2, 0.25) is 0 Å². The molecule has 4 heteroatoms. The first-order valence-electron chi connectivity index (χ1n) is 4.81. The highest BCUT2D eigenvalue weighted by Gasteiger charge is 1.98. The molecule has 15 heavy (non-hydrogen) atoms. The van der Waals surface area contributed by atoms with Crippen molar-refractivity contribution in [3.8, 4) is 0 Å². The number of anilines is 1. The summed E-state index contributed by atoms with van der Waals surface area (Å²) < 4.78 is 0. The Hall–Kier alpha value is -1.42. The van der Waals surface area contributed by atoms with E-state index in [-0.39, 0.29) is 0 Å². The molecule has 1 N–H and O–H groups in total. The number of hydrogen-bond acceptors (Lipinski definition) is 4. The van der Waals surface area contributed by atoms with Crippen LogP contribution in [0.3, 0.4) is 0 Å². The highest BCUT2D eigenvalue weighted by molar-refractivity contribution is 7.09. The summed E-state index contributed by atoms with van der Waals surface area (Å²) in [4.78, 5) is 8.53. The van der Waals surface area contributed by atoms with Crippen molar-refractivity contribution in [1.29, 1.82) is 0 Å². The summed E-state index contributed by atoms with van der Waals surface area (Å²) in [5.74, 6) is 0. The lowest BCUT2D eigenvalue weighted by Crippen LogP contribution is -2.00. The molecule has 78 valence electrons. The molecule has 0 aliphatic heterocycles. The maximum atomic E-state index is 4.39. The van der Waals surface area contributed by atoms with Crippen molar-refractivity contribution in [1.82, 2.24) is 9.97 Å². The fraction of sp³-hybridized carbons (Fsp3) is 0.273. The van der Waals surface area contributed by atoms with Crippen molar-refractivity contribution in [2.24, 2.45) is 0 Å². The molecule has 0 saturated heterocycles. The van der Waals surface area contributed by atoms with Crippen LogP contribution in [0.1, 0.15) is 16.4 Å². The Kier molecular flexibility index (Phi) is 2.97. The van der Waals surface area contributed by atoms with Gasteiger partial charge in [0.25, 0.3) is 0 Å². The highest BCUT2D eigenvalue weighted by Crippen LogP contribution is 2.11. The lowest BCUT2D eigenvalue weighted by Gasteiger charge is -2.04. The van der Waals surface area contributed by atoms with E-state index in [1.807, 2.05) is 32.2 Å². The maximum Gasteiger partial charge on any atom is 0.0898 e. The second-order valence-electron chi connectivity index (χ2n) is 3.40. The molecule has 0 radical (unpaired) electrons. The summed E-state index contributed by atoms with van der Waals surface area (Å²) in [5.41, 5.74) is 3.20. The van der Waals surface area contributed by atoms with Gasteiger partial charge in [-0.05, 0) is 26.0 Å². The Morgan fingerprint density at radius 3 is 2.93 bits per heavy atom. The molecule has 2 aromatic heterocycles. The van der Waals surface area contributed by atoms with Crippen LogP contribution < -0.4 is 5.32 Å². The molecule has 0 aliphatic carbocycles. The molecule has 2 aromatic rings. The Labute approximate surface area is 93.2 Å². The summed E-state index contributed by atoms with van der Waals surface area (Å²) in [6.45, 7) is 4.77. The molecule has 0 unspecified atom stereocenters. The van der Waals surface area contributed by atoms with Gasteiger partial charge in [-0.3, -0.25) is 4.98 Å². The van der Waals surface area contributed by atoms with Gasteiger partial charge in [-0.1, -0.05) is 0 Å². The van der Waals surface area contributed by atoms with E-state index >= 15 is 0 Å². The zero-order valence-electron chi connectivity index (χ0n) is 8.82. The molecule has 2 rings (SSSR count). The second-order valence-corrected chi connectivity index (χ2v) is 4.46. The lowest BCUT2D eigenvalue weighted by molar-refractivity contribution is 1.05. The molecule has 0 amide bonds. The van der Waals surface area contributed by atoms with E-state index in [1.165, 1.54) is 0 Å². The molecular weight excluding hydrogens is 206 g/mol. The van der Waals surface area contributed by atoms with Crippen LogP contribution in [-0.4, -0.2) is 9.97 Å². The Morgan fingerprint density at radius 2 is 2.27 bits per heavy atom.